The second-order valence-corrected chi connectivity index (χ2v) is 4.58. The number of hydrogen-bond acceptors (Lipinski definition) is 1. The topological polar surface area (TPSA) is 12.0 Å². The molecule has 1 aliphatic rings. The van der Waals surface area contributed by atoms with E-state index in [4.69, 9.17) is 0 Å². The lowest BCUT2D eigenvalue weighted by Gasteiger charge is -2.05. The third kappa shape index (κ3) is 7.82. The molecule has 1 atom stereocenters. The lowest BCUT2D eigenvalue weighted by atomic mass is 10.1. The largest absolute Gasteiger partial charge is 0.314 e. The van der Waals surface area contributed by atoms with Crippen molar-refractivity contribution in [3.8, 4) is 11.8 Å². The van der Waals surface area contributed by atoms with Gasteiger partial charge < -0.3 is 5.32 Å². The predicted molar refractivity (Wildman–Crippen MR) is 75.8 cm³/mol. The zero-order valence-electron chi connectivity index (χ0n) is 11.0. The summed E-state index contributed by atoms with van der Waals surface area (Å²) in [4.78, 5) is 0. The molecule has 0 aromatic carbocycles. The molecule has 1 fully saturated rings. The molecule has 0 spiro atoms. The van der Waals surface area contributed by atoms with Crippen molar-refractivity contribution in [2.75, 3.05) is 6.54 Å². The minimum atomic E-state index is 0.724. The maximum absolute atomic E-state index is 3.49. The van der Waals surface area contributed by atoms with Crippen LogP contribution in [0.15, 0.2) is 24.3 Å². The van der Waals surface area contributed by atoms with Gasteiger partial charge in [-0.1, -0.05) is 49.8 Å². The molecule has 1 nitrogen and oxygen atoms in total. The quantitative estimate of drug-likeness (QED) is 0.416. The summed E-state index contributed by atoms with van der Waals surface area (Å²) in [6.07, 6.45) is 16.9. The van der Waals surface area contributed by atoms with E-state index in [0.717, 1.165) is 12.5 Å². The van der Waals surface area contributed by atoms with E-state index in [1.165, 1.54) is 45.1 Å². The lowest BCUT2D eigenvalue weighted by molar-refractivity contribution is 0.569. The monoisotopic (exact) mass is 231 g/mol. The van der Waals surface area contributed by atoms with Crippen LogP contribution in [0.4, 0.5) is 0 Å². The Morgan fingerprint density at radius 3 is 3.06 bits per heavy atom. The van der Waals surface area contributed by atoms with Crippen molar-refractivity contribution in [2.24, 2.45) is 0 Å². The number of hydrogen-bond donors (Lipinski definition) is 1. The summed E-state index contributed by atoms with van der Waals surface area (Å²) in [6, 6.07) is 0.724. The first kappa shape index (κ1) is 14.1. The summed E-state index contributed by atoms with van der Waals surface area (Å²) in [5, 5.41) is 3.49. The molecule has 1 aliphatic heterocycles. The standard InChI is InChI=1S/C16H25N/c1-2-3-4-5-6-7-8-9-10-11-13-16-14-12-15-17-16/h5-8,16-17H,2-4,11-15H2,1H3/b6-5+,8-7+/t16-/m0/s1. The van der Waals surface area contributed by atoms with Crippen LogP contribution in [0.2, 0.25) is 0 Å². The van der Waals surface area contributed by atoms with Crippen LogP contribution in [0.25, 0.3) is 0 Å². The van der Waals surface area contributed by atoms with E-state index in [1.807, 2.05) is 12.2 Å². The molecular weight excluding hydrogens is 206 g/mol. The van der Waals surface area contributed by atoms with Gasteiger partial charge in [0.05, 0.1) is 0 Å². The fourth-order valence-electron chi connectivity index (χ4n) is 1.98. The maximum Gasteiger partial charge on any atom is 0.0107 e. The highest BCUT2D eigenvalue weighted by molar-refractivity contribution is 5.19. The number of nitrogens with one attached hydrogen (secondary N) is 1. The van der Waals surface area contributed by atoms with E-state index < -0.39 is 0 Å². The molecular formula is C16H25N. The van der Waals surface area contributed by atoms with E-state index >= 15 is 0 Å². The first-order valence-electron chi connectivity index (χ1n) is 6.97. The van der Waals surface area contributed by atoms with Gasteiger partial charge >= 0.3 is 0 Å². The molecule has 0 radical (unpaired) electrons. The highest BCUT2D eigenvalue weighted by atomic mass is 14.9. The molecule has 1 heteroatoms. The SMILES string of the molecule is CCCC/C=C/C=C/C#CCC[C@H]1CCCN1. The van der Waals surface area contributed by atoms with E-state index in [2.05, 4.69) is 36.2 Å². The molecule has 1 heterocycles. The number of rotatable bonds is 6. The Morgan fingerprint density at radius 1 is 1.35 bits per heavy atom. The number of unbranched alkanes of at least 4 members (excludes halogenated alkanes) is 2. The van der Waals surface area contributed by atoms with E-state index in [-0.39, 0.29) is 0 Å². The molecule has 1 rings (SSSR count). The van der Waals surface area contributed by atoms with Gasteiger partial charge in [0, 0.05) is 12.5 Å². The van der Waals surface area contributed by atoms with Gasteiger partial charge in [-0.2, -0.15) is 0 Å². The van der Waals surface area contributed by atoms with Crippen molar-refractivity contribution in [3.05, 3.63) is 24.3 Å². The lowest BCUT2D eigenvalue weighted by Crippen LogP contribution is -2.20. The number of allylic oxidation sites excluding steroid dienone is 4. The summed E-state index contributed by atoms with van der Waals surface area (Å²) in [7, 11) is 0. The van der Waals surface area contributed by atoms with E-state index in [1.54, 1.807) is 0 Å². The van der Waals surface area contributed by atoms with Crippen molar-refractivity contribution in [2.45, 2.75) is 57.9 Å². The fraction of sp³-hybridized carbons (Fsp3) is 0.625. The van der Waals surface area contributed by atoms with Gasteiger partial charge in [-0.25, -0.2) is 0 Å². The second kappa shape index (κ2) is 10.2. The first-order chi connectivity index (χ1) is 8.43. The minimum Gasteiger partial charge on any atom is -0.314 e. The predicted octanol–water partition coefficient (Wildman–Crippen LogP) is 3.82. The maximum atomic E-state index is 3.49. The molecule has 94 valence electrons. The summed E-state index contributed by atoms with van der Waals surface area (Å²) >= 11 is 0. The molecule has 0 amide bonds. The van der Waals surface area contributed by atoms with Crippen LogP contribution in [0.1, 0.15) is 51.9 Å². The Hall–Kier alpha value is -1.00. The van der Waals surface area contributed by atoms with Crippen LogP contribution in [0, 0.1) is 11.8 Å². The van der Waals surface area contributed by atoms with Crippen LogP contribution < -0.4 is 5.32 Å². The van der Waals surface area contributed by atoms with Gasteiger partial charge in [0.2, 0.25) is 0 Å². The molecule has 17 heavy (non-hydrogen) atoms. The van der Waals surface area contributed by atoms with Crippen molar-refractivity contribution >= 4 is 0 Å². The van der Waals surface area contributed by atoms with Gasteiger partial charge in [-0.05, 0) is 38.3 Å². The van der Waals surface area contributed by atoms with Gasteiger partial charge in [0.15, 0.2) is 0 Å². The summed E-state index contributed by atoms with van der Waals surface area (Å²) in [6.45, 7) is 3.41. The Bertz CT molecular complexity index is 284. The highest BCUT2D eigenvalue weighted by Gasteiger charge is 2.11. The summed E-state index contributed by atoms with van der Waals surface area (Å²) in [5.41, 5.74) is 0. The average Bonchev–Trinajstić information content (AvgIpc) is 2.85. The molecule has 0 aliphatic carbocycles. The van der Waals surface area contributed by atoms with Crippen molar-refractivity contribution in [1.29, 1.82) is 0 Å². The van der Waals surface area contributed by atoms with Crippen LogP contribution >= 0.6 is 0 Å². The summed E-state index contributed by atoms with van der Waals surface area (Å²) in [5.74, 6) is 6.29. The van der Waals surface area contributed by atoms with Crippen LogP contribution in [0.3, 0.4) is 0 Å². The molecule has 0 aromatic rings. The Balaban J connectivity index is 2.00. The molecule has 0 aromatic heterocycles. The Morgan fingerprint density at radius 2 is 2.29 bits per heavy atom. The minimum absolute atomic E-state index is 0.724. The van der Waals surface area contributed by atoms with Crippen LogP contribution in [-0.4, -0.2) is 12.6 Å². The third-order valence-corrected chi connectivity index (χ3v) is 3.03. The first-order valence-corrected chi connectivity index (χ1v) is 6.97. The van der Waals surface area contributed by atoms with Crippen molar-refractivity contribution < 1.29 is 0 Å². The van der Waals surface area contributed by atoms with Crippen LogP contribution in [0.5, 0.6) is 0 Å². The molecule has 1 N–H and O–H groups in total. The second-order valence-electron chi connectivity index (χ2n) is 4.58. The van der Waals surface area contributed by atoms with Crippen molar-refractivity contribution in [1.82, 2.24) is 5.32 Å². The van der Waals surface area contributed by atoms with E-state index in [0.29, 0.717) is 0 Å². The fourth-order valence-corrected chi connectivity index (χ4v) is 1.98. The Kier molecular flexibility index (Phi) is 8.42. The normalized spacial score (nSPS) is 19.9. The average molecular weight is 231 g/mol. The third-order valence-electron chi connectivity index (χ3n) is 3.03. The molecule has 0 saturated carbocycles. The molecule has 1 saturated heterocycles. The van der Waals surface area contributed by atoms with Crippen molar-refractivity contribution in [3.63, 3.8) is 0 Å². The van der Waals surface area contributed by atoms with E-state index in [9.17, 15) is 0 Å². The van der Waals surface area contributed by atoms with Gasteiger partial charge in [-0.15, -0.1) is 0 Å². The van der Waals surface area contributed by atoms with Gasteiger partial charge in [0.25, 0.3) is 0 Å². The zero-order valence-corrected chi connectivity index (χ0v) is 11.0. The van der Waals surface area contributed by atoms with Gasteiger partial charge in [-0.3, -0.25) is 0 Å². The molecule has 0 unspecified atom stereocenters. The van der Waals surface area contributed by atoms with Gasteiger partial charge in [0.1, 0.15) is 0 Å². The Labute approximate surface area is 106 Å². The van der Waals surface area contributed by atoms with Crippen LogP contribution in [-0.2, 0) is 0 Å². The zero-order chi connectivity index (χ0) is 12.2. The summed E-state index contributed by atoms with van der Waals surface area (Å²) < 4.78 is 0. The molecule has 0 bridgehead atoms. The smallest absolute Gasteiger partial charge is 0.0107 e. The highest BCUT2D eigenvalue weighted by Crippen LogP contribution is 2.09.